The van der Waals surface area contributed by atoms with E-state index in [9.17, 15) is 4.39 Å². The second-order valence-corrected chi connectivity index (χ2v) is 5.12. The van der Waals surface area contributed by atoms with Gasteiger partial charge in [0.25, 0.3) is 0 Å². The molecular formula is C15H18FN3. The Morgan fingerprint density at radius 1 is 1.26 bits per heavy atom. The molecule has 0 aliphatic carbocycles. The van der Waals surface area contributed by atoms with Crippen molar-refractivity contribution >= 4 is 0 Å². The molecule has 0 spiro atoms. The van der Waals surface area contributed by atoms with Gasteiger partial charge >= 0.3 is 0 Å². The van der Waals surface area contributed by atoms with Gasteiger partial charge in [-0.25, -0.2) is 9.07 Å². The Morgan fingerprint density at radius 3 is 2.84 bits per heavy atom. The monoisotopic (exact) mass is 259 g/mol. The number of benzene rings is 1. The van der Waals surface area contributed by atoms with E-state index in [-0.39, 0.29) is 5.82 Å². The zero-order valence-electron chi connectivity index (χ0n) is 10.8. The SMILES string of the molecule is Fc1ccc(-n2cc(CC3CCCCN3)cn2)cc1. The van der Waals surface area contributed by atoms with Gasteiger partial charge in [-0.05, 0) is 55.6 Å². The summed E-state index contributed by atoms with van der Waals surface area (Å²) in [5.74, 6) is -0.220. The van der Waals surface area contributed by atoms with E-state index in [1.54, 1.807) is 16.8 Å². The molecule has 1 fully saturated rings. The first-order valence-electron chi connectivity index (χ1n) is 6.84. The summed E-state index contributed by atoms with van der Waals surface area (Å²) < 4.78 is 14.7. The summed E-state index contributed by atoms with van der Waals surface area (Å²) in [6.45, 7) is 1.12. The van der Waals surface area contributed by atoms with Crippen LogP contribution in [0.5, 0.6) is 0 Å². The van der Waals surface area contributed by atoms with Crippen molar-refractivity contribution < 1.29 is 4.39 Å². The van der Waals surface area contributed by atoms with Crippen LogP contribution in [0, 0.1) is 5.82 Å². The van der Waals surface area contributed by atoms with Crippen LogP contribution in [0.15, 0.2) is 36.7 Å². The highest BCUT2D eigenvalue weighted by molar-refractivity contribution is 5.31. The molecule has 4 heteroatoms. The Labute approximate surface area is 112 Å². The smallest absolute Gasteiger partial charge is 0.123 e. The van der Waals surface area contributed by atoms with Crippen LogP contribution in [-0.4, -0.2) is 22.4 Å². The van der Waals surface area contributed by atoms with Crippen molar-refractivity contribution in [2.45, 2.75) is 31.7 Å². The summed E-state index contributed by atoms with van der Waals surface area (Å²) >= 11 is 0. The van der Waals surface area contributed by atoms with Gasteiger partial charge in [-0.2, -0.15) is 5.10 Å². The molecule has 1 aromatic carbocycles. The fraction of sp³-hybridized carbons (Fsp3) is 0.400. The van der Waals surface area contributed by atoms with E-state index >= 15 is 0 Å². The Morgan fingerprint density at radius 2 is 2.11 bits per heavy atom. The van der Waals surface area contributed by atoms with Crippen molar-refractivity contribution in [1.29, 1.82) is 0 Å². The number of hydrogen-bond acceptors (Lipinski definition) is 2. The molecule has 2 aromatic rings. The second-order valence-electron chi connectivity index (χ2n) is 5.12. The van der Waals surface area contributed by atoms with Gasteiger partial charge in [0.05, 0.1) is 11.9 Å². The van der Waals surface area contributed by atoms with E-state index in [4.69, 9.17) is 0 Å². The molecule has 1 unspecified atom stereocenters. The molecule has 1 aliphatic rings. The van der Waals surface area contributed by atoms with Gasteiger partial charge in [-0.15, -0.1) is 0 Å². The zero-order valence-corrected chi connectivity index (χ0v) is 10.8. The van der Waals surface area contributed by atoms with Crippen LogP contribution in [0.2, 0.25) is 0 Å². The third-order valence-electron chi connectivity index (χ3n) is 3.62. The lowest BCUT2D eigenvalue weighted by atomic mass is 10.00. The summed E-state index contributed by atoms with van der Waals surface area (Å²) in [6, 6.07) is 6.97. The minimum absolute atomic E-state index is 0.220. The number of piperidine rings is 1. The van der Waals surface area contributed by atoms with Crippen molar-refractivity contribution in [2.24, 2.45) is 0 Å². The molecule has 0 amide bonds. The standard InChI is InChI=1S/C15H18FN3/c16-13-4-6-15(7-5-13)19-11-12(10-18-19)9-14-3-1-2-8-17-14/h4-7,10-11,14,17H,1-3,8-9H2. The van der Waals surface area contributed by atoms with Crippen LogP contribution in [0.25, 0.3) is 5.69 Å². The van der Waals surface area contributed by atoms with E-state index in [1.807, 2.05) is 12.4 Å². The van der Waals surface area contributed by atoms with Crippen molar-refractivity contribution in [1.82, 2.24) is 15.1 Å². The molecule has 0 radical (unpaired) electrons. The molecule has 100 valence electrons. The molecule has 3 nitrogen and oxygen atoms in total. The molecule has 19 heavy (non-hydrogen) atoms. The lowest BCUT2D eigenvalue weighted by Crippen LogP contribution is -2.35. The predicted octanol–water partition coefficient (Wildman–Crippen LogP) is 2.70. The van der Waals surface area contributed by atoms with Crippen LogP contribution >= 0.6 is 0 Å². The van der Waals surface area contributed by atoms with E-state index < -0.39 is 0 Å². The third-order valence-corrected chi connectivity index (χ3v) is 3.62. The van der Waals surface area contributed by atoms with Crippen molar-refractivity contribution in [3.8, 4) is 5.69 Å². The van der Waals surface area contributed by atoms with Crippen molar-refractivity contribution in [3.05, 3.63) is 48.0 Å². The van der Waals surface area contributed by atoms with Gasteiger partial charge in [-0.3, -0.25) is 0 Å². The number of nitrogens with zero attached hydrogens (tertiary/aromatic N) is 2. The average Bonchev–Trinajstić information content (AvgIpc) is 2.89. The van der Waals surface area contributed by atoms with Gasteiger partial charge in [0.15, 0.2) is 0 Å². The Hall–Kier alpha value is -1.68. The highest BCUT2D eigenvalue weighted by Crippen LogP contribution is 2.14. The highest BCUT2D eigenvalue weighted by Gasteiger charge is 2.14. The van der Waals surface area contributed by atoms with Gasteiger partial charge in [0.1, 0.15) is 5.82 Å². The number of aromatic nitrogens is 2. The van der Waals surface area contributed by atoms with Gasteiger partial charge in [-0.1, -0.05) is 6.42 Å². The summed E-state index contributed by atoms with van der Waals surface area (Å²) in [5.41, 5.74) is 2.12. The van der Waals surface area contributed by atoms with Gasteiger partial charge in [0, 0.05) is 12.2 Å². The number of halogens is 1. The van der Waals surface area contributed by atoms with Gasteiger partial charge < -0.3 is 5.32 Å². The molecule has 1 atom stereocenters. The third kappa shape index (κ3) is 3.01. The van der Waals surface area contributed by atoms with Crippen LogP contribution in [-0.2, 0) is 6.42 Å². The maximum absolute atomic E-state index is 12.9. The summed E-state index contributed by atoms with van der Waals surface area (Å²) in [4.78, 5) is 0. The van der Waals surface area contributed by atoms with E-state index in [1.165, 1.54) is 37.0 Å². The van der Waals surface area contributed by atoms with Crippen LogP contribution < -0.4 is 5.32 Å². The van der Waals surface area contributed by atoms with Crippen LogP contribution in [0.4, 0.5) is 4.39 Å². The van der Waals surface area contributed by atoms with Crippen LogP contribution in [0.1, 0.15) is 24.8 Å². The number of rotatable bonds is 3. The Bertz CT molecular complexity index is 527. The van der Waals surface area contributed by atoms with Crippen molar-refractivity contribution in [2.75, 3.05) is 6.54 Å². The molecule has 3 rings (SSSR count). The molecular weight excluding hydrogens is 241 g/mol. The number of hydrogen-bond donors (Lipinski definition) is 1. The normalized spacial score (nSPS) is 19.5. The highest BCUT2D eigenvalue weighted by atomic mass is 19.1. The first kappa shape index (κ1) is 12.4. The molecule has 2 heterocycles. The van der Waals surface area contributed by atoms with E-state index in [0.29, 0.717) is 6.04 Å². The topological polar surface area (TPSA) is 29.9 Å². The van der Waals surface area contributed by atoms with E-state index in [0.717, 1.165) is 18.7 Å². The quantitative estimate of drug-likeness (QED) is 0.918. The molecule has 1 aromatic heterocycles. The Kier molecular flexibility index (Phi) is 3.60. The molecule has 1 aliphatic heterocycles. The fourth-order valence-corrected chi connectivity index (χ4v) is 2.58. The maximum Gasteiger partial charge on any atom is 0.123 e. The van der Waals surface area contributed by atoms with Gasteiger partial charge in [0.2, 0.25) is 0 Å². The zero-order chi connectivity index (χ0) is 13.1. The Balaban J connectivity index is 1.70. The molecule has 0 saturated carbocycles. The van der Waals surface area contributed by atoms with Crippen LogP contribution in [0.3, 0.4) is 0 Å². The lowest BCUT2D eigenvalue weighted by molar-refractivity contribution is 0.399. The van der Waals surface area contributed by atoms with E-state index in [2.05, 4.69) is 10.4 Å². The van der Waals surface area contributed by atoms with Crippen molar-refractivity contribution in [3.63, 3.8) is 0 Å². The summed E-state index contributed by atoms with van der Waals surface area (Å²) in [6.07, 6.45) is 8.78. The molecule has 1 N–H and O–H groups in total. The lowest BCUT2D eigenvalue weighted by Gasteiger charge is -2.22. The minimum atomic E-state index is -0.220. The summed E-state index contributed by atoms with van der Waals surface area (Å²) in [7, 11) is 0. The second kappa shape index (κ2) is 5.53. The minimum Gasteiger partial charge on any atom is -0.314 e. The number of nitrogens with one attached hydrogen (secondary N) is 1. The largest absolute Gasteiger partial charge is 0.314 e. The molecule has 1 saturated heterocycles. The fourth-order valence-electron chi connectivity index (χ4n) is 2.58. The predicted molar refractivity (Wildman–Crippen MR) is 72.9 cm³/mol. The molecule has 0 bridgehead atoms. The maximum atomic E-state index is 12.9. The first-order chi connectivity index (χ1) is 9.31. The first-order valence-corrected chi connectivity index (χ1v) is 6.84. The average molecular weight is 259 g/mol. The summed E-state index contributed by atoms with van der Waals surface area (Å²) in [5, 5.41) is 7.89.